The van der Waals surface area contributed by atoms with Crippen LogP contribution in [0.1, 0.15) is 66.2 Å². The normalized spacial score (nSPS) is 22.8. The lowest BCUT2D eigenvalue weighted by atomic mass is 9.78. The van der Waals surface area contributed by atoms with E-state index >= 15 is 0 Å². The highest BCUT2D eigenvalue weighted by atomic mass is 16.2. The van der Waals surface area contributed by atoms with Crippen LogP contribution < -0.4 is 5.32 Å². The molecule has 1 heterocycles. The summed E-state index contributed by atoms with van der Waals surface area (Å²) in [5, 5.41) is 3.02. The molecule has 0 bridgehead atoms. The molecular formula is C20H26N2O3. The van der Waals surface area contributed by atoms with E-state index in [0.29, 0.717) is 24.2 Å². The number of hydrogen-bond acceptors (Lipinski definition) is 3. The molecule has 0 saturated heterocycles. The predicted octanol–water partition coefficient (Wildman–Crippen LogP) is 3.01. The molecule has 1 saturated carbocycles. The lowest BCUT2D eigenvalue weighted by molar-refractivity contribution is -0.128. The molecule has 1 aromatic rings. The molecule has 5 nitrogen and oxygen atoms in total. The SMILES string of the molecule is CCCCNC(=O)C1CCCCC1CN1C(=O)c2ccccc2C1=O. The van der Waals surface area contributed by atoms with Gasteiger partial charge in [0.15, 0.2) is 0 Å². The van der Waals surface area contributed by atoms with E-state index in [4.69, 9.17) is 0 Å². The summed E-state index contributed by atoms with van der Waals surface area (Å²) in [7, 11) is 0. The van der Waals surface area contributed by atoms with E-state index in [9.17, 15) is 14.4 Å². The van der Waals surface area contributed by atoms with E-state index in [0.717, 1.165) is 38.5 Å². The Morgan fingerprint density at radius 1 is 1.12 bits per heavy atom. The fourth-order valence-corrected chi connectivity index (χ4v) is 3.93. The van der Waals surface area contributed by atoms with Gasteiger partial charge in [-0.1, -0.05) is 38.3 Å². The Morgan fingerprint density at radius 3 is 2.40 bits per heavy atom. The van der Waals surface area contributed by atoms with Crippen molar-refractivity contribution in [2.24, 2.45) is 11.8 Å². The Labute approximate surface area is 148 Å². The van der Waals surface area contributed by atoms with Crippen LogP contribution in [0.15, 0.2) is 24.3 Å². The Hall–Kier alpha value is -2.17. The predicted molar refractivity (Wildman–Crippen MR) is 95.2 cm³/mol. The van der Waals surface area contributed by atoms with Gasteiger partial charge in [-0.2, -0.15) is 0 Å². The van der Waals surface area contributed by atoms with Gasteiger partial charge in [0.1, 0.15) is 0 Å². The molecule has 1 N–H and O–H groups in total. The first-order valence-corrected chi connectivity index (χ1v) is 9.36. The van der Waals surface area contributed by atoms with Crippen molar-refractivity contribution in [3.05, 3.63) is 35.4 Å². The lowest BCUT2D eigenvalue weighted by Crippen LogP contribution is -2.43. The second-order valence-electron chi connectivity index (χ2n) is 7.06. The summed E-state index contributed by atoms with van der Waals surface area (Å²) in [5.41, 5.74) is 0.958. The zero-order valence-corrected chi connectivity index (χ0v) is 14.8. The lowest BCUT2D eigenvalue weighted by Gasteiger charge is -2.32. The standard InChI is InChI=1S/C20H26N2O3/c1-2-3-12-21-18(23)15-9-5-4-8-14(15)13-22-19(24)16-10-6-7-11-17(16)20(22)25/h6-7,10-11,14-15H,2-5,8-9,12-13H2,1H3,(H,21,23). The number of carbonyl (C=O) groups excluding carboxylic acids is 3. The molecule has 5 heteroatoms. The molecular weight excluding hydrogens is 316 g/mol. The monoisotopic (exact) mass is 342 g/mol. The first-order valence-electron chi connectivity index (χ1n) is 9.36. The minimum atomic E-state index is -0.226. The first kappa shape index (κ1) is 17.6. The van der Waals surface area contributed by atoms with Crippen LogP contribution in [0.3, 0.4) is 0 Å². The second-order valence-corrected chi connectivity index (χ2v) is 7.06. The summed E-state index contributed by atoms with van der Waals surface area (Å²) in [6.45, 7) is 3.14. The third-order valence-corrected chi connectivity index (χ3v) is 5.37. The molecule has 1 aliphatic heterocycles. The zero-order valence-electron chi connectivity index (χ0n) is 14.8. The molecule has 2 atom stereocenters. The zero-order chi connectivity index (χ0) is 17.8. The summed E-state index contributed by atoms with van der Waals surface area (Å²) in [5.74, 6) is -0.421. The number of unbranched alkanes of at least 4 members (excludes halogenated alkanes) is 1. The van der Waals surface area contributed by atoms with Gasteiger partial charge >= 0.3 is 0 Å². The van der Waals surface area contributed by atoms with Crippen molar-refractivity contribution < 1.29 is 14.4 Å². The van der Waals surface area contributed by atoms with Crippen LogP contribution in [0.4, 0.5) is 0 Å². The van der Waals surface area contributed by atoms with Crippen LogP contribution in [-0.4, -0.2) is 35.7 Å². The van der Waals surface area contributed by atoms with E-state index in [1.165, 1.54) is 4.90 Å². The highest BCUT2D eigenvalue weighted by Crippen LogP contribution is 2.33. The average Bonchev–Trinajstić information content (AvgIpc) is 2.88. The van der Waals surface area contributed by atoms with E-state index in [-0.39, 0.29) is 29.6 Å². The quantitative estimate of drug-likeness (QED) is 0.638. The number of carbonyl (C=O) groups is 3. The summed E-state index contributed by atoms with van der Waals surface area (Å²) in [6.07, 6.45) is 5.83. The van der Waals surface area contributed by atoms with Crippen molar-refractivity contribution in [2.75, 3.05) is 13.1 Å². The topological polar surface area (TPSA) is 66.5 Å². The molecule has 25 heavy (non-hydrogen) atoms. The maximum Gasteiger partial charge on any atom is 0.261 e. The van der Waals surface area contributed by atoms with Crippen molar-refractivity contribution in [1.29, 1.82) is 0 Å². The smallest absolute Gasteiger partial charge is 0.261 e. The van der Waals surface area contributed by atoms with E-state index < -0.39 is 0 Å². The average molecular weight is 342 g/mol. The summed E-state index contributed by atoms with van der Waals surface area (Å²) in [6, 6.07) is 6.95. The van der Waals surface area contributed by atoms with Gasteiger partial charge in [-0.15, -0.1) is 0 Å². The van der Waals surface area contributed by atoms with Crippen LogP contribution in [-0.2, 0) is 4.79 Å². The fourth-order valence-electron chi connectivity index (χ4n) is 3.93. The van der Waals surface area contributed by atoms with Gasteiger partial charge in [0.2, 0.25) is 5.91 Å². The van der Waals surface area contributed by atoms with Gasteiger partial charge in [-0.3, -0.25) is 19.3 Å². The maximum atomic E-state index is 12.6. The number of hydrogen-bond donors (Lipinski definition) is 1. The van der Waals surface area contributed by atoms with Crippen LogP contribution in [0.2, 0.25) is 0 Å². The molecule has 3 amide bonds. The van der Waals surface area contributed by atoms with Crippen molar-refractivity contribution in [2.45, 2.75) is 45.4 Å². The molecule has 134 valence electrons. The summed E-state index contributed by atoms with van der Waals surface area (Å²) < 4.78 is 0. The van der Waals surface area contributed by atoms with Gasteiger partial charge in [0.25, 0.3) is 11.8 Å². The molecule has 0 aromatic heterocycles. The third-order valence-electron chi connectivity index (χ3n) is 5.37. The van der Waals surface area contributed by atoms with Crippen molar-refractivity contribution in [3.63, 3.8) is 0 Å². The number of nitrogens with zero attached hydrogens (tertiary/aromatic N) is 1. The van der Waals surface area contributed by atoms with Crippen molar-refractivity contribution in [1.82, 2.24) is 10.2 Å². The van der Waals surface area contributed by atoms with Crippen LogP contribution in [0.25, 0.3) is 0 Å². The van der Waals surface area contributed by atoms with Gasteiger partial charge in [0.05, 0.1) is 11.1 Å². The first-order chi connectivity index (χ1) is 12.1. The second kappa shape index (κ2) is 7.81. The minimum Gasteiger partial charge on any atom is -0.356 e. The number of imide groups is 1. The number of rotatable bonds is 6. The molecule has 2 unspecified atom stereocenters. The largest absolute Gasteiger partial charge is 0.356 e. The van der Waals surface area contributed by atoms with Crippen LogP contribution >= 0.6 is 0 Å². The molecule has 2 aliphatic rings. The number of amides is 3. The Kier molecular flexibility index (Phi) is 5.51. The molecule has 1 aliphatic carbocycles. The molecule has 1 fully saturated rings. The van der Waals surface area contributed by atoms with E-state index in [1.54, 1.807) is 24.3 Å². The highest BCUT2D eigenvalue weighted by Gasteiger charge is 2.39. The maximum absolute atomic E-state index is 12.6. The van der Waals surface area contributed by atoms with Gasteiger partial charge in [0, 0.05) is 19.0 Å². The molecule has 1 aromatic carbocycles. The Balaban J connectivity index is 1.69. The van der Waals surface area contributed by atoms with Crippen molar-refractivity contribution in [3.8, 4) is 0 Å². The Morgan fingerprint density at radius 2 is 1.76 bits per heavy atom. The van der Waals surface area contributed by atoms with E-state index in [1.807, 2.05) is 0 Å². The molecule has 0 spiro atoms. The number of nitrogens with one attached hydrogen (secondary N) is 1. The highest BCUT2D eigenvalue weighted by molar-refractivity contribution is 6.21. The van der Waals surface area contributed by atoms with Gasteiger partial charge in [-0.25, -0.2) is 0 Å². The number of fused-ring (bicyclic) bond motifs is 1. The summed E-state index contributed by atoms with van der Waals surface area (Å²) in [4.78, 5) is 39.0. The number of benzene rings is 1. The van der Waals surface area contributed by atoms with Crippen LogP contribution in [0, 0.1) is 11.8 Å². The van der Waals surface area contributed by atoms with Gasteiger partial charge in [-0.05, 0) is 37.3 Å². The summed E-state index contributed by atoms with van der Waals surface area (Å²) >= 11 is 0. The van der Waals surface area contributed by atoms with E-state index in [2.05, 4.69) is 12.2 Å². The van der Waals surface area contributed by atoms with Crippen molar-refractivity contribution >= 4 is 17.7 Å². The Bertz CT molecular complexity index is 636. The molecule has 3 rings (SSSR count). The third kappa shape index (κ3) is 3.60. The van der Waals surface area contributed by atoms with Crippen LogP contribution in [0.5, 0.6) is 0 Å². The molecule has 0 radical (unpaired) electrons. The minimum absolute atomic E-state index is 0.0533. The fraction of sp³-hybridized carbons (Fsp3) is 0.550. The van der Waals surface area contributed by atoms with Gasteiger partial charge < -0.3 is 5.32 Å².